The van der Waals surface area contributed by atoms with Crippen molar-refractivity contribution in [3.8, 4) is 11.3 Å². The van der Waals surface area contributed by atoms with Gasteiger partial charge in [0.2, 0.25) is 0 Å². The summed E-state index contributed by atoms with van der Waals surface area (Å²) in [5, 5.41) is 7.74. The van der Waals surface area contributed by atoms with E-state index >= 15 is 0 Å². The number of fused-ring (bicyclic) bond motifs is 1. The van der Waals surface area contributed by atoms with Crippen molar-refractivity contribution >= 4 is 17.3 Å². The van der Waals surface area contributed by atoms with Crippen LogP contribution in [-0.4, -0.2) is 24.6 Å². The monoisotopic (exact) mass is 345 g/mol. The van der Waals surface area contributed by atoms with Crippen LogP contribution >= 0.6 is 0 Å². The summed E-state index contributed by atoms with van der Waals surface area (Å²) in [6.07, 6.45) is 5.20. The van der Waals surface area contributed by atoms with Crippen molar-refractivity contribution < 1.29 is 0 Å². The molecule has 1 atom stereocenters. The number of aryl methyl sites for hydroxylation is 1. The molecule has 0 spiro atoms. The molecule has 26 heavy (non-hydrogen) atoms. The van der Waals surface area contributed by atoms with Gasteiger partial charge in [0, 0.05) is 24.5 Å². The summed E-state index contributed by atoms with van der Waals surface area (Å²) in [6.45, 7) is 4.05. The Morgan fingerprint density at radius 1 is 1.12 bits per heavy atom. The number of hydrogen-bond donors (Lipinski definition) is 2. The first-order chi connectivity index (χ1) is 12.6. The number of aromatic nitrogens is 5. The Morgan fingerprint density at radius 2 is 1.92 bits per heavy atom. The van der Waals surface area contributed by atoms with Gasteiger partial charge >= 0.3 is 0 Å². The first-order valence-corrected chi connectivity index (χ1v) is 8.36. The first-order valence-electron chi connectivity index (χ1n) is 8.36. The van der Waals surface area contributed by atoms with E-state index in [1.165, 1.54) is 11.9 Å². The molecule has 3 aromatic heterocycles. The van der Waals surface area contributed by atoms with Crippen LogP contribution in [-0.2, 0) is 0 Å². The highest BCUT2D eigenvalue weighted by molar-refractivity contribution is 5.84. The van der Waals surface area contributed by atoms with Gasteiger partial charge in [0.15, 0.2) is 11.5 Å². The van der Waals surface area contributed by atoms with Gasteiger partial charge in [-0.15, -0.1) is 5.10 Å². The van der Waals surface area contributed by atoms with Crippen LogP contribution in [0.5, 0.6) is 0 Å². The smallest absolute Gasteiger partial charge is 0.166 e. The highest BCUT2D eigenvalue weighted by Crippen LogP contribution is 2.29. The predicted molar refractivity (Wildman–Crippen MR) is 102 cm³/mol. The number of anilines is 2. The molecule has 0 aliphatic rings. The maximum absolute atomic E-state index is 6.13. The third-order valence-corrected chi connectivity index (χ3v) is 4.22. The molecule has 0 amide bonds. The molecule has 4 rings (SSSR count). The average molecular weight is 345 g/mol. The normalized spacial score (nSPS) is 12.2. The maximum Gasteiger partial charge on any atom is 0.166 e. The highest BCUT2D eigenvalue weighted by atomic mass is 15.3. The van der Waals surface area contributed by atoms with E-state index in [0.717, 1.165) is 11.4 Å². The van der Waals surface area contributed by atoms with Crippen molar-refractivity contribution in [2.24, 2.45) is 0 Å². The molecule has 3 heterocycles. The minimum Gasteiger partial charge on any atom is -0.382 e. The Balaban J connectivity index is 1.69. The van der Waals surface area contributed by atoms with Gasteiger partial charge in [-0.3, -0.25) is 0 Å². The molecule has 0 aliphatic carbocycles. The molecule has 1 aromatic carbocycles. The second-order valence-electron chi connectivity index (χ2n) is 6.22. The van der Waals surface area contributed by atoms with Crippen LogP contribution in [0.4, 0.5) is 11.6 Å². The quantitative estimate of drug-likeness (QED) is 0.590. The van der Waals surface area contributed by atoms with Crippen LogP contribution < -0.4 is 11.1 Å². The largest absolute Gasteiger partial charge is 0.382 e. The van der Waals surface area contributed by atoms with Gasteiger partial charge < -0.3 is 11.1 Å². The lowest BCUT2D eigenvalue weighted by molar-refractivity contribution is 0.872. The molecule has 0 fully saturated rings. The summed E-state index contributed by atoms with van der Waals surface area (Å²) in [5.74, 6) is 1.11. The fourth-order valence-electron chi connectivity index (χ4n) is 2.91. The van der Waals surface area contributed by atoms with E-state index in [1.54, 1.807) is 10.7 Å². The zero-order valence-corrected chi connectivity index (χ0v) is 14.6. The third kappa shape index (κ3) is 2.95. The molecular formula is C19H19N7. The van der Waals surface area contributed by atoms with Gasteiger partial charge in [-0.05, 0) is 25.0 Å². The second kappa shape index (κ2) is 6.44. The lowest BCUT2D eigenvalue weighted by atomic mass is 10.1. The summed E-state index contributed by atoms with van der Waals surface area (Å²) < 4.78 is 1.68. The zero-order valence-electron chi connectivity index (χ0n) is 14.6. The van der Waals surface area contributed by atoms with Crippen LogP contribution in [0, 0.1) is 6.92 Å². The summed E-state index contributed by atoms with van der Waals surface area (Å²) in [5.41, 5.74) is 10.4. The van der Waals surface area contributed by atoms with Crippen molar-refractivity contribution in [2.75, 3.05) is 11.1 Å². The summed E-state index contributed by atoms with van der Waals surface area (Å²) in [4.78, 5) is 13.2. The molecule has 7 nitrogen and oxygen atoms in total. The van der Waals surface area contributed by atoms with E-state index in [9.17, 15) is 0 Å². The number of nitrogens with zero attached hydrogens (tertiary/aromatic N) is 5. The average Bonchev–Trinajstić information content (AvgIpc) is 2.97. The third-order valence-electron chi connectivity index (χ3n) is 4.22. The molecule has 3 N–H and O–H groups in total. The number of nitrogen functional groups attached to an aromatic ring is 1. The van der Waals surface area contributed by atoms with Crippen LogP contribution in [0.25, 0.3) is 16.9 Å². The van der Waals surface area contributed by atoms with Crippen LogP contribution in [0.15, 0.2) is 55.1 Å². The summed E-state index contributed by atoms with van der Waals surface area (Å²) in [7, 11) is 0. The Kier molecular flexibility index (Phi) is 3.96. The van der Waals surface area contributed by atoms with Crippen LogP contribution in [0.3, 0.4) is 0 Å². The van der Waals surface area contributed by atoms with Gasteiger partial charge in [-0.2, -0.15) is 0 Å². The van der Waals surface area contributed by atoms with E-state index in [-0.39, 0.29) is 6.04 Å². The van der Waals surface area contributed by atoms with Gasteiger partial charge in [-0.25, -0.2) is 19.5 Å². The van der Waals surface area contributed by atoms with E-state index in [0.29, 0.717) is 22.7 Å². The van der Waals surface area contributed by atoms with Gasteiger partial charge in [0.05, 0.1) is 11.3 Å². The lowest BCUT2D eigenvalue weighted by Gasteiger charge is -2.15. The Labute approximate surface area is 150 Å². The fraction of sp³-hybridized carbons (Fsp3) is 0.158. The topological polar surface area (TPSA) is 94.0 Å². The Hall–Kier alpha value is -3.48. The molecule has 130 valence electrons. The van der Waals surface area contributed by atoms with Crippen molar-refractivity contribution in [3.63, 3.8) is 0 Å². The second-order valence-corrected chi connectivity index (χ2v) is 6.22. The van der Waals surface area contributed by atoms with Crippen molar-refractivity contribution in [1.82, 2.24) is 24.6 Å². The highest BCUT2D eigenvalue weighted by Gasteiger charge is 2.16. The molecule has 0 saturated carbocycles. The first kappa shape index (κ1) is 16.0. The standard InChI is InChI=1S/C19H19N7/c1-12-9-21-19-17(18(20)25-26(19)10-12)15-8-16(23-11-22-15)24-13(2)14-6-4-3-5-7-14/h3-11,13H,1-2H3,(H2,20,25)(H,22,23,24)/t13-/m1/s1. The van der Waals surface area contributed by atoms with Gasteiger partial charge in [0.25, 0.3) is 0 Å². The van der Waals surface area contributed by atoms with E-state index < -0.39 is 0 Å². The summed E-state index contributed by atoms with van der Waals surface area (Å²) >= 11 is 0. The fourth-order valence-corrected chi connectivity index (χ4v) is 2.91. The van der Waals surface area contributed by atoms with Gasteiger partial charge in [0.1, 0.15) is 12.1 Å². The predicted octanol–water partition coefficient (Wildman–Crippen LogP) is 3.25. The zero-order chi connectivity index (χ0) is 18.1. The molecule has 0 unspecified atom stereocenters. The van der Waals surface area contributed by atoms with E-state index in [2.05, 4.69) is 44.4 Å². The molecule has 0 aliphatic heterocycles. The molecule has 7 heteroatoms. The minimum absolute atomic E-state index is 0.112. The van der Waals surface area contributed by atoms with Crippen molar-refractivity contribution in [2.45, 2.75) is 19.9 Å². The van der Waals surface area contributed by atoms with Gasteiger partial charge in [-0.1, -0.05) is 30.3 Å². The molecule has 0 bridgehead atoms. The van der Waals surface area contributed by atoms with Crippen molar-refractivity contribution in [1.29, 1.82) is 0 Å². The van der Waals surface area contributed by atoms with E-state index in [1.807, 2.05) is 37.4 Å². The van der Waals surface area contributed by atoms with Crippen LogP contribution in [0.2, 0.25) is 0 Å². The maximum atomic E-state index is 6.13. The molecule has 0 radical (unpaired) electrons. The van der Waals surface area contributed by atoms with E-state index in [4.69, 9.17) is 5.73 Å². The molecular weight excluding hydrogens is 326 g/mol. The number of nitrogens with one attached hydrogen (secondary N) is 1. The molecule has 0 saturated heterocycles. The number of rotatable bonds is 4. The molecule has 4 aromatic rings. The van der Waals surface area contributed by atoms with Crippen LogP contribution in [0.1, 0.15) is 24.1 Å². The minimum atomic E-state index is 0.112. The number of hydrogen-bond acceptors (Lipinski definition) is 6. The Morgan fingerprint density at radius 3 is 2.73 bits per heavy atom. The van der Waals surface area contributed by atoms with Crippen molar-refractivity contribution in [3.05, 3.63) is 66.2 Å². The number of benzene rings is 1. The lowest BCUT2D eigenvalue weighted by Crippen LogP contribution is -2.08. The number of nitrogens with two attached hydrogens (primary N) is 1. The summed E-state index contributed by atoms with van der Waals surface area (Å²) in [6, 6.07) is 12.2. The Bertz CT molecular complexity index is 1060. The SMILES string of the molecule is Cc1cnc2c(-c3cc(N[C@H](C)c4ccccc4)ncn3)c(N)nn2c1.